The molecule has 0 aliphatic carbocycles. The van der Waals surface area contributed by atoms with Gasteiger partial charge in [-0.1, -0.05) is 28.1 Å². The van der Waals surface area contributed by atoms with Gasteiger partial charge in [0, 0.05) is 37.3 Å². The Morgan fingerprint density at radius 1 is 1.33 bits per heavy atom. The predicted octanol–water partition coefficient (Wildman–Crippen LogP) is 2.35. The van der Waals surface area contributed by atoms with E-state index >= 15 is 0 Å². The fraction of sp³-hybridized carbons (Fsp3) is 0.562. The molecule has 24 heavy (non-hydrogen) atoms. The van der Waals surface area contributed by atoms with Gasteiger partial charge in [0.2, 0.25) is 5.91 Å². The lowest BCUT2D eigenvalue weighted by molar-refractivity contribution is -0.124. The number of amides is 1. The van der Waals surface area contributed by atoms with E-state index in [0.717, 1.165) is 36.9 Å². The molecule has 5 nitrogen and oxygen atoms in total. The number of ether oxygens (including phenoxy) is 1. The van der Waals surface area contributed by atoms with Gasteiger partial charge in [-0.25, -0.2) is 0 Å². The Hall–Kier alpha value is -0.370. The van der Waals surface area contributed by atoms with Gasteiger partial charge < -0.3 is 15.8 Å². The van der Waals surface area contributed by atoms with Crippen LogP contribution in [0.1, 0.15) is 18.4 Å². The number of likely N-dealkylation sites (tertiary alicyclic amines) is 1. The van der Waals surface area contributed by atoms with Crippen LogP contribution >= 0.6 is 40.7 Å². The molecule has 1 aliphatic heterocycles. The Morgan fingerprint density at radius 3 is 2.46 bits per heavy atom. The zero-order chi connectivity index (χ0) is 15.9. The van der Waals surface area contributed by atoms with E-state index in [1.807, 2.05) is 0 Å². The number of benzene rings is 1. The lowest BCUT2D eigenvalue weighted by atomic mass is 10.0. The van der Waals surface area contributed by atoms with E-state index in [1.54, 1.807) is 7.11 Å². The van der Waals surface area contributed by atoms with Crippen LogP contribution in [0.4, 0.5) is 0 Å². The van der Waals surface area contributed by atoms with Crippen LogP contribution in [0.25, 0.3) is 0 Å². The van der Waals surface area contributed by atoms with Gasteiger partial charge in [0.25, 0.3) is 0 Å². The Bertz CT molecular complexity index is 483. The van der Waals surface area contributed by atoms with Crippen LogP contribution in [0, 0.1) is 0 Å². The first-order valence-electron chi connectivity index (χ1n) is 7.60. The van der Waals surface area contributed by atoms with Crippen LogP contribution < -0.4 is 11.1 Å². The summed E-state index contributed by atoms with van der Waals surface area (Å²) in [6.07, 6.45) is 1.92. The Morgan fingerprint density at radius 2 is 1.92 bits per heavy atom. The number of hydrogen-bond donors (Lipinski definition) is 2. The molecule has 0 saturated carbocycles. The summed E-state index contributed by atoms with van der Waals surface area (Å²) in [7, 11) is 1.55. The van der Waals surface area contributed by atoms with Crippen LogP contribution in [0.15, 0.2) is 28.7 Å². The summed E-state index contributed by atoms with van der Waals surface area (Å²) >= 11 is 3.45. The second-order valence-electron chi connectivity index (χ2n) is 5.75. The highest BCUT2D eigenvalue weighted by Gasteiger charge is 2.22. The Labute approximate surface area is 164 Å². The third-order valence-electron chi connectivity index (χ3n) is 3.94. The summed E-state index contributed by atoms with van der Waals surface area (Å²) in [6.45, 7) is 3.19. The summed E-state index contributed by atoms with van der Waals surface area (Å²) in [4.78, 5) is 14.3. The molecule has 1 heterocycles. The van der Waals surface area contributed by atoms with Crippen molar-refractivity contribution in [3.63, 3.8) is 0 Å². The first-order valence-corrected chi connectivity index (χ1v) is 8.39. The molecule has 138 valence electrons. The van der Waals surface area contributed by atoms with Crippen LogP contribution in [0.2, 0.25) is 0 Å². The van der Waals surface area contributed by atoms with E-state index in [9.17, 15) is 4.79 Å². The number of nitrogens with one attached hydrogen (secondary N) is 1. The normalized spacial score (nSPS) is 16.6. The zero-order valence-corrected chi connectivity index (χ0v) is 17.0. The molecule has 0 radical (unpaired) electrons. The summed E-state index contributed by atoms with van der Waals surface area (Å²) in [5.41, 5.74) is 7.05. The van der Waals surface area contributed by atoms with Gasteiger partial charge in [0.15, 0.2) is 0 Å². The minimum Gasteiger partial charge on any atom is -0.383 e. The van der Waals surface area contributed by atoms with Gasteiger partial charge in [-0.05, 0) is 30.5 Å². The molecule has 1 unspecified atom stereocenters. The van der Waals surface area contributed by atoms with Gasteiger partial charge in [-0.3, -0.25) is 9.69 Å². The molecule has 1 aromatic carbocycles. The van der Waals surface area contributed by atoms with Crippen molar-refractivity contribution < 1.29 is 9.53 Å². The number of rotatable bonds is 6. The van der Waals surface area contributed by atoms with E-state index in [-0.39, 0.29) is 43.4 Å². The quantitative estimate of drug-likeness (QED) is 0.709. The Kier molecular flexibility index (Phi) is 11.9. The molecule has 1 aromatic rings. The van der Waals surface area contributed by atoms with Crippen LogP contribution in [0.3, 0.4) is 0 Å². The molecular weight excluding hydrogens is 417 g/mol. The molecule has 3 N–H and O–H groups in total. The number of carbonyl (C=O) groups is 1. The van der Waals surface area contributed by atoms with Crippen molar-refractivity contribution in [2.45, 2.75) is 31.5 Å². The van der Waals surface area contributed by atoms with Gasteiger partial charge in [0.1, 0.15) is 6.04 Å². The third-order valence-corrected chi connectivity index (χ3v) is 4.47. The van der Waals surface area contributed by atoms with Crippen molar-refractivity contribution in [2.24, 2.45) is 5.73 Å². The average Bonchev–Trinajstić information content (AvgIpc) is 2.51. The van der Waals surface area contributed by atoms with E-state index in [0.29, 0.717) is 0 Å². The molecule has 1 saturated heterocycles. The number of methoxy groups -OCH3 is 1. The van der Waals surface area contributed by atoms with E-state index in [2.05, 4.69) is 50.4 Å². The fourth-order valence-electron chi connectivity index (χ4n) is 2.65. The molecule has 0 aromatic heterocycles. The van der Waals surface area contributed by atoms with Crippen molar-refractivity contribution in [3.8, 4) is 0 Å². The maximum absolute atomic E-state index is 11.9. The van der Waals surface area contributed by atoms with Crippen LogP contribution in [-0.2, 0) is 16.1 Å². The lowest BCUT2D eigenvalue weighted by Crippen LogP contribution is -2.50. The van der Waals surface area contributed by atoms with Crippen molar-refractivity contribution in [2.75, 3.05) is 26.8 Å². The minimum absolute atomic E-state index is 0. The number of nitrogens with zero attached hydrogens (tertiary/aromatic N) is 1. The molecule has 0 bridgehead atoms. The highest BCUT2D eigenvalue weighted by atomic mass is 79.9. The number of hydrogen-bond acceptors (Lipinski definition) is 4. The number of halogens is 3. The van der Waals surface area contributed by atoms with Crippen molar-refractivity contribution >= 4 is 46.7 Å². The smallest absolute Gasteiger partial charge is 0.239 e. The largest absolute Gasteiger partial charge is 0.383 e. The molecule has 0 spiro atoms. The first kappa shape index (κ1) is 23.6. The van der Waals surface area contributed by atoms with Crippen LogP contribution in [0.5, 0.6) is 0 Å². The molecule has 1 atom stereocenters. The third kappa shape index (κ3) is 7.68. The monoisotopic (exact) mass is 441 g/mol. The Balaban J connectivity index is 0.00000264. The number of carbonyl (C=O) groups excluding carboxylic acids is 1. The molecule has 1 amide bonds. The molecule has 2 rings (SSSR count). The SMILES string of the molecule is COCC(N)C(=O)NC1CCN(Cc2ccc(Br)cc2)CC1.Cl.Cl. The van der Waals surface area contributed by atoms with Crippen molar-refractivity contribution in [1.29, 1.82) is 0 Å². The summed E-state index contributed by atoms with van der Waals surface area (Å²) < 4.78 is 6.01. The topological polar surface area (TPSA) is 67.6 Å². The maximum atomic E-state index is 11.9. The van der Waals surface area contributed by atoms with Gasteiger partial charge in [0.05, 0.1) is 6.61 Å². The highest BCUT2D eigenvalue weighted by molar-refractivity contribution is 9.10. The van der Waals surface area contributed by atoms with Gasteiger partial charge >= 0.3 is 0 Å². The lowest BCUT2D eigenvalue weighted by Gasteiger charge is -2.32. The minimum atomic E-state index is -0.578. The number of piperidine rings is 1. The van der Waals surface area contributed by atoms with E-state index in [4.69, 9.17) is 10.5 Å². The zero-order valence-electron chi connectivity index (χ0n) is 13.7. The van der Waals surface area contributed by atoms with Crippen molar-refractivity contribution in [1.82, 2.24) is 10.2 Å². The second kappa shape index (κ2) is 12.1. The maximum Gasteiger partial charge on any atom is 0.239 e. The summed E-state index contributed by atoms with van der Waals surface area (Å²) in [6, 6.07) is 8.06. The summed E-state index contributed by atoms with van der Waals surface area (Å²) in [5, 5.41) is 3.02. The first-order chi connectivity index (χ1) is 10.6. The van der Waals surface area contributed by atoms with Gasteiger partial charge in [-0.2, -0.15) is 0 Å². The average molecular weight is 443 g/mol. The second-order valence-corrected chi connectivity index (χ2v) is 6.66. The van der Waals surface area contributed by atoms with Crippen molar-refractivity contribution in [3.05, 3.63) is 34.3 Å². The van der Waals surface area contributed by atoms with Gasteiger partial charge in [-0.15, -0.1) is 24.8 Å². The van der Waals surface area contributed by atoms with Crippen LogP contribution in [-0.4, -0.2) is 49.7 Å². The van der Waals surface area contributed by atoms with E-state index in [1.165, 1.54) is 5.56 Å². The highest BCUT2D eigenvalue weighted by Crippen LogP contribution is 2.16. The number of nitrogens with two attached hydrogens (primary N) is 1. The fourth-order valence-corrected chi connectivity index (χ4v) is 2.91. The molecule has 1 aliphatic rings. The molecule has 8 heteroatoms. The predicted molar refractivity (Wildman–Crippen MR) is 105 cm³/mol. The van der Waals surface area contributed by atoms with E-state index < -0.39 is 6.04 Å². The molecular formula is C16H26BrCl2N3O2. The summed E-state index contributed by atoms with van der Waals surface area (Å²) in [5.74, 6) is -0.117. The standard InChI is InChI=1S/C16H24BrN3O2.2ClH/c1-22-11-15(18)16(21)19-14-6-8-20(9-7-14)10-12-2-4-13(17)5-3-12;;/h2-5,14-15H,6-11,18H2,1H3,(H,19,21);2*1H. The molecule has 1 fully saturated rings.